The van der Waals surface area contributed by atoms with Crippen LogP contribution in [-0.4, -0.2) is 18.1 Å². The van der Waals surface area contributed by atoms with Crippen molar-refractivity contribution in [1.29, 1.82) is 0 Å². The summed E-state index contributed by atoms with van der Waals surface area (Å²) in [7, 11) is 0. The van der Waals surface area contributed by atoms with Crippen molar-refractivity contribution in [3.8, 4) is 0 Å². The van der Waals surface area contributed by atoms with Gasteiger partial charge in [-0.05, 0) is 19.3 Å². The molecule has 1 aliphatic rings. The van der Waals surface area contributed by atoms with E-state index in [-0.39, 0.29) is 0 Å². The van der Waals surface area contributed by atoms with Crippen LogP contribution in [0.5, 0.6) is 0 Å². The second kappa shape index (κ2) is 3.35. The fraction of sp³-hybridized carbons (Fsp3) is 1.00. The molecule has 2 heteroatoms. The topological polar surface area (TPSA) is 38.0 Å². The van der Waals surface area contributed by atoms with E-state index >= 15 is 0 Å². The predicted octanol–water partition coefficient (Wildman–Crippen LogP) is 0.864. The van der Waals surface area contributed by atoms with Crippen LogP contribution in [0.1, 0.15) is 33.1 Å². The first-order valence-electron chi connectivity index (χ1n) is 4.20. The van der Waals surface area contributed by atoms with E-state index in [1.165, 1.54) is 12.8 Å². The third kappa shape index (κ3) is 2.27. The van der Waals surface area contributed by atoms with E-state index in [0.717, 1.165) is 6.42 Å². The standard InChI is InChI=1S/C8H18N2/c1-6(2)10-8-4-3-7(9)5-8/h6-8,10H,3-5,9H2,1-2H3. The van der Waals surface area contributed by atoms with Crippen molar-refractivity contribution in [3.63, 3.8) is 0 Å². The Hall–Kier alpha value is -0.0800. The monoisotopic (exact) mass is 142 g/mol. The quantitative estimate of drug-likeness (QED) is 0.600. The molecule has 1 rings (SSSR count). The molecular weight excluding hydrogens is 124 g/mol. The first-order valence-corrected chi connectivity index (χ1v) is 4.20. The SMILES string of the molecule is CC(C)NC1CCC(N)C1. The van der Waals surface area contributed by atoms with Crippen molar-refractivity contribution in [3.05, 3.63) is 0 Å². The molecule has 2 unspecified atom stereocenters. The highest BCUT2D eigenvalue weighted by Crippen LogP contribution is 2.17. The van der Waals surface area contributed by atoms with Gasteiger partial charge in [0.25, 0.3) is 0 Å². The Morgan fingerprint density at radius 3 is 2.50 bits per heavy atom. The zero-order valence-corrected chi connectivity index (χ0v) is 6.93. The van der Waals surface area contributed by atoms with Gasteiger partial charge in [-0.1, -0.05) is 13.8 Å². The van der Waals surface area contributed by atoms with Gasteiger partial charge in [-0.25, -0.2) is 0 Å². The molecule has 1 fully saturated rings. The van der Waals surface area contributed by atoms with Gasteiger partial charge < -0.3 is 11.1 Å². The number of hydrogen-bond acceptors (Lipinski definition) is 2. The third-order valence-corrected chi connectivity index (χ3v) is 2.04. The minimum absolute atomic E-state index is 0.455. The zero-order chi connectivity index (χ0) is 7.56. The van der Waals surface area contributed by atoms with E-state index in [9.17, 15) is 0 Å². The Morgan fingerprint density at radius 1 is 1.40 bits per heavy atom. The minimum Gasteiger partial charge on any atom is -0.328 e. The largest absolute Gasteiger partial charge is 0.328 e. The second-order valence-electron chi connectivity index (χ2n) is 3.59. The van der Waals surface area contributed by atoms with E-state index in [0.29, 0.717) is 18.1 Å². The van der Waals surface area contributed by atoms with Crippen molar-refractivity contribution >= 4 is 0 Å². The van der Waals surface area contributed by atoms with Crippen LogP contribution in [0.2, 0.25) is 0 Å². The van der Waals surface area contributed by atoms with Gasteiger partial charge in [-0.2, -0.15) is 0 Å². The molecule has 0 saturated heterocycles. The van der Waals surface area contributed by atoms with Crippen LogP contribution in [0.15, 0.2) is 0 Å². The molecule has 1 saturated carbocycles. The molecule has 2 nitrogen and oxygen atoms in total. The van der Waals surface area contributed by atoms with E-state index in [1.807, 2.05) is 0 Å². The van der Waals surface area contributed by atoms with E-state index < -0.39 is 0 Å². The maximum Gasteiger partial charge on any atom is 0.00847 e. The van der Waals surface area contributed by atoms with Crippen molar-refractivity contribution < 1.29 is 0 Å². The average molecular weight is 142 g/mol. The predicted molar refractivity (Wildman–Crippen MR) is 43.9 cm³/mol. The maximum atomic E-state index is 5.76. The summed E-state index contributed by atoms with van der Waals surface area (Å²) in [6.07, 6.45) is 3.63. The van der Waals surface area contributed by atoms with Crippen LogP contribution in [0, 0.1) is 0 Å². The molecule has 60 valence electrons. The molecule has 0 radical (unpaired) electrons. The Balaban J connectivity index is 2.18. The highest BCUT2D eigenvalue weighted by molar-refractivity contribution is 4.83. The van der Waals surface area contributed by atoms with Crippen molar-refractivity contribution in [2.75, 3.05) is 0 Å². The van der Waals surface area contributed by atoms with Crippen LogP contribution in [0.25, 0.3) is 0 Å². The van der Waals surface area contributed by atoms with E-state index in [1.54, 1.807) is 0 Å². The minimum atomic E-state index is 0.455. The van der Waals surface area contributed by atoms with Gasteiger partial charge >= 0.3 is 0 Å². The second-order valence-corrected chi connectivity index (χ2v) is 3.59. The lowest BCUT2D eigenvalue weighted by atomic mass is 10.2. The Bertz CT molecular complexity index is 101. The van der Waals surface area contributed by atoms with Gasteiger partial charge in [0.05, 0.1) is 0 Å². The first kappa shape index (κ1) is 8.02. The molecule has 0 aromatic rings. The molecule has 0 aromatic heterocycles. The Morgan fingerprint density at radius 2 is 2.10 bits per heavy atom. The summed E-state index contributed by atoms with van der Waals surface area (Å²) in [6.45, 7) is 4.37. The third-order valence-electron chi connectivity index (χ3n) is 2.04. The van der Waals surface area contributed by atoms with E-state index in [4.69, 9.17) is 5.73 Å². The highest BCUT2D eigenvalue weighted by Gasteiger charge is 2.21. The van der Waals surface area contributed by atoms with Crippen molar-refractivity contribution in [1.82, 2.24) is 5.32 Å². The number of nitrogens with two attached hydrogens (primary N) is 1. The van der Waals surface area contributed by atoms with Crippen LogP contribution in [0.3, 0.4) is 0 Å². The Kier molecular flexibility index (Phi) is 2.69. The summed E-state index contributed by atoms with van der Waals surface area (Å²) in [5.41, 5.74) is 5.76. The fourth-order valence-electron chi connectivity index (χ4n) is 1.64. The van der Waals surface area contributed by atoms with Gasteiger partial charge in [-0.3, -0.25) is 0 Å². The van der Waals surface area contributed by atoms with Crippen molar-refractivity contribution in [2.24, 2.45) is 5.73 Å². The number of hydrogen-bond donors (Lipinski definition) is 2. The van der Waals surface area contributed by atoms with Gasteiger partial charge in [0.1, 0.15) is 0 Å². The molecule has 0 amide bonds. The highest BCUT2D eigenvalue weighted by atomic mass is 15.0. The molecule has 0 aliphatic heterocycles. The van der Waals surface area contributed by atoms with Gasteiger partial charge in [0.15, 0.2) is 0 Å². The molecule has 0 heterocycles. The molecule has 0 bridgehead atoms. The molecule has 2 atom stereocenters. The lowest BCUT2D eigenvalue weighted by Crippen LogP contribution is -2.33. The normalized spacial score (nSPS) is 33.6. The molecule has 0 spiro atoms. The summed E-state index contributed by atoms with van der Waals surface area (Å²) in [6, 6.07) is 1.75. The van der Waals surface area contributed by atoms with Crippen LogP contribution < -0.4 is 11.1 Å². The summed E-state index contributed by atoms with van der Waals surface area (Å²) >= 11 is 0. The van der Waals surface area contributed by atoms with Gasteiger partial charge in [0, 0.05) is 18.1 Å². The fourth-order valence-corrected chi connectivity index (χ4v) is 1.64. The maximum absolute atomic E-state index is 5.76. The lowest BCUT2D eigenvalue weighted by molar-refractivity contribution is 0.466. The van der Waals surface area contributed by atoms with Crippen molar-refractivity contribution in [2.45, 2.75) is 51.2 Å². The summed E-state index contributed by atoms with van der Waals surface area (Å²) in [4.78, 5) is 0. The number of nitrogens with one attached hydrogen (secondary N) is 1. The Labute approximate surface area is 63.2 Å². The van der Waals surface area contributed by atoms with Crippen LogP contribution in [-0.2, 0) is 0 Å². The zero-order valence-electron chi connectivity index (χ0n) is 6.93. The molecule has 3 N–H and O–H groups in total. The molecule has 1 aliphatic carbocycles. The van der Waals surface area contributed by atoms with Gasteiger partial charge in [0.2, 0.25) is 0 Å². The molecular formula is C8H18N2. The summed E-state index contributed by atoms with van der Waals surface area (Å²) < 4.78 is 0. The first-order chi connectivity index (χ1) is 4.68. The number of rotatable bonds is 2. The van der Waals surface area contributed by atoms with Crippen LogP contribution in [0.4, 0.5) is 0 Å². The average Bonchev–Trinajstić information content (AvgIpc) is 2.13. The van der Waals surface area contributed by atoms with Gasteiger partial charge in [-0.15, -0.1) is 0 Å². The van der Waals surface area contributed by atoms with E-state index in [2.05, 4.69) is 19.2 Å². The molecule has 0 aromatic carbocycles. The smallest absolute Gasteiger partial charge is 0.00847 e. The molecule has 10 heavy (non-hydrogen) atoms. The van der Waals surface area contributed by atoms with Crippen LogP contribution >= 0.6 is 0 Å². The lowest BCUT2D eigenvalue weighted by Gasteiger charge is -2.14. The summed E-state index contributed by atoms with van der Waals surface area (Å²) in [5, 5.41) is 3.49. The summed E-state index contributed by atoms with van der Waals surface area (Å²) in [5.74, 6) is 0.